The van der Waals surface area contributed by atoms with Gasteiger partial charge in [0.1, 0.15) is 5.49 Å². The lowest BCUT2D eigenvalue weighted by Crippen LogP contribution is -2.18. The Balaban J connectivity index is 2.69. The maximum Gasteiger partial charge on any atom is 0.134 e. The minimum Gasteiger partial charge on any atom is -0.367 e. The zero-order valence-corrected chi connectivity index (χ0v) is 8.60. The summed E-state index contributed by atoms with van der Waals surface area (Å²) in [6, 6.07) is 10.7. The maximum atomic E-state index is 4.68. The SMILES string of the molecule is CCCC(N[C]=S)c1ccccc1. The van der Waals surface area contributed by atoms with Crippen LogP contribution < -0.4 is 5.32 Å². The van der Waals surface area contributed by atoms with E-state index in [0.717, 1.165) is 12.8 Å². The van der Waals surface area contributed by atoms with E-state index >= 15 is 0 Å². The second kappa shape index (κ2) is 5.70. The summed E-state index contributed by atoms with van der Waals surface area (Å²) in [6.07, 6.45) is 2.23. The summed E-state index contributed by atoms with van der Waals surface area (Å²) in [6.45, 7) is 2.17. The monoisotopic (exact) mass is 192 g/mol. The van der Waals surface area contributed by atoms with E-state index in [1.807, 2.05) is 18.2 Å². The van der Waals surface area contributed by atoms with Crippen molar-refractivity contribution in [3.8, 4) is 0 Å². The highest BCUT2D eigenvalue weighted by Crippen LogP contribution is 2.16. The van der Waals surface area contributed by atoms with Crippen LogP contribution in [-0.4, -0.2) is 5.49 Å². The maximum absolute atomic E-state index is 4.68. The van der Waals surface area contributed by atoms with Crippen molar-refractivity contribution in [2.24, 2.45) is 0 Å². The molecule has 0 bridgehead atoms. The molecule has 0 spiro atoms. The summed E-state index contributed by atoms with van der Waals surface area (Å²) in [4.78, 5) is 0. The van der Waals surface area contributed by atoms with Crippen LogP contribution in [0.4, 0.5) is 0 Å². The average Bonchev–Trinajstić information content (AvgIpc) is 2.19. The Kier molecular flexibility index (Phi) is 4.47. The van der Waals surface area contributed by atoms with Gasteiger partial charge >= 0.3 is 0 Å². The molecule has 0 aliphatic heterocycles. The van der Waals surface area contributed by atoms with Crippen LogP contribution in [-0.2, 0) is 0 Å². The van der Waals surface area contributed by atoms with Gasteiger partial charge in [-0.3, -0.25) is 0 Å². The van der Waals surface area contributed by atoms with E-state index < -0.39 is 0 Å². The number of nitrogens with one attached hydrogen (secondary N) is 1. The lowest BCUT2D eigenvalue weighted by molar-refractivity contribution is 0.589. The fourth-order valence-electron chi connectivity index (χ4n) is 1.37. The Hall–Kier alpha value is -0.890. The van der Waals surface area contributed by atoms with Crippen molar-refractivity contribution >= 4 is 17.7 Å². The Bertz CT molecular complexity index is 246. The van der Waals surface area contributed by atoms with Crippen LogP contribution in [0.25, 0.3) is 0 Å². The Morgan fingerprint density at radius 2 is 2.08 bits per heavy atom. The molecule has 0 aromatic heterocycles. The van der Waals surface area contributed by atoms with E-state index in [-0.39, 0.29) is 0 Å². The van der Waals surface area contributed by atoms with Crippen molar-refractivity contribution in [1.82, 2.24) is 5.32 Å². The predicted octanol–water partition coefficient (Wildman–Crippen LogP) is 2.95. The van der Waals surface area contributed by atoms with Crippen molar-refractivity contribution in [3.63, 3.8) is 0 Å². The molecule has 1 nitrogen and oxygen atoms in total. The van der Waals surface area contributed by atoms with Gasteiger partial charge in [-0.1, -0.05) is 55.9 Å². The third-order valence-corrected chi connectivity index (χ3v) is 2.13. The smallest absolute Gasteiger partial charge is 0.134 e. The van der Waals surface area contributed by atoms with Crippen molar-refractivity contribution < 1.29 is 0 Å². The van der Waals surface area contributed by atoms with Gasteiger partial charge in [-0.15, -0.1) is 0 Å². The molecule has 0 saturated heterocycles. The summed E-state index contributed by atoms with van der Waals surface area (Å²) in [5, 5.41) is 3.06. The molecule has 0 aliphatic rings. The summed E-state index contributed by atoms with van der Waals surface area (Å²) in [5.74, 6) is 0. The highest BCUT2D eigenvalue weighted by Gasteiger charge is 2.06. The second-order valence-corrected chi connectivity index (χ2v) is 3.20. The molecule has 0 fully saturated rings. The van der Waals surface area contributed by atoms with Crippen LogP contribution in [0.2, 0.25) is 0 Å². The summed E-state index contributed by atoms with van der Waals surface area (Å²) < 4.78 is 0. The molecule has 1 atom stereocenters. The number of benzene rings is 1. The van der Waals surface area contributed by atoms with E-state index in [1.54, 1.807) is 0 Å². The van der Waals surface area contributed by atoms with E-state index in [9.17, 15) is 0 Å². The molecular weight excluding hydrogens is 178 g/mol. The summed E-state index contributed by atoms with van der Waals surface area (Å²) in [5.41, 5.74) is 3.86. The van der Waals surface area contributed by atoms with Crippen LogP contribution in [0.3, 0.4) is 0 Å². The minimum atomic E-state index is 0.323. The van der Waals surface area contributed by atoms with Gasteiger partial charge < -0.3 is 5.32 Å². The van der Waals surface area contributed by atoms with Crippen LogP contribution in [0.15, 0.2) is 30.3 Å². The third-order valence-electron chi connectivity index (χ3n) is 2.01. The molecule has 1 unspecified atom stereocenters. The van der Waals surface area contributed by atoms with Gasteiger partial charge in [0, 0.05) is 0 Å². The third kappa shape index (κ3) is 3.15. The predicted molar refractivity (Wildman–Crippen MR) is 59.8 cm³/mol. The minimum absolute atomic E-state index is 0.323. The lowest BCUT2D eigenvalue weighted by atomic mass is 10.0. The van der Waals surface area contributed by atoms with Gasteiger partial charge in [0.15, 0.2) is 0 Å². The topological polar surface area (TPSA) is 12.0 Å². The van der Waals surface area contributed by atoms with E-state index in [2.05, 4.69) is 42.1 Å². The zero-order chi connectivity index (χ0) is 9.52. The summed E-state index contributed by atoms with van der Waals surface area (Å²) >= 11 is 4.68. The van der Waals surface area contributed by atoms with Crippen molar-refractivity contribution in [1.29, 1.82) is 0 Å². The molecule has 0 aliphatic carbocycles. The Labute approximate surface area is 85.2 Å². The first-order valence-corrected chi connectivity index (χ1v) is 4.97. The van der Waals surface area contributed by atoms with Gasteiger partial charge in [0.05, 0.1) is 6.04 Å². The molecule has 1 aromatic carbocycles. The molecular formula is C11H14NS. The highest BCUT2D eigenvalue weighted by atomic mass is 32.1. The average molecular weight is 192 g/mol. The molecule has 1 N–H and O–H groups in total. The quantitative estimate of drug-likeness (QED) is 0.568. The zero-order valence-electron chi connectivity index (χ0n) is 7.79. The summed E-state index contributed by atoms with van der Waals surface area (Å²) in [7, 11) is 0. The van der Waals surface area contributed by atoms with Crippen LogP contribution in [0.1, 0.15) is 31.4 Å². The highest BCUT2D eigenvalue weighted by molar-refractivity contribution is 7.78. The first-order valence-electron chi connectivity index (χ1n) is 4.56. The second-order valence-electron chi connectivity index (χ2n) is 3.00. The van der Waals surface area contributed by atoms with E-state index in [1.165, 1.54) is 5.56 Å². The lowest BCUT2D eigenvalue weighted by Gasteiger charge is -2.15. The van der Waals surface area contributed by atoms with Gasteiger partial charge in [-0.2, -0.15) is 0 Å². The van der Waals surface area contributed by atoms with Gasteiger partial charge in [0.2, 0.25) is 0 Å². The number of hydrogen-bond acceptors (Lipinski definition) is 1. The number of thiocarbonyl (C=S) groups is 1. The van der Waals surface area contributed by atoms with Crippen molar-refractivity contribution in [2.75, 3.05) is 0 Å². The molecule has 0 saturated carbocycles. The van der Waals surface area contributed by atoms with Crippen LogP contribution in [0.5, 0.6) is 0 Å². The Morgan fingerprint density at radius 3 is 2.62 bits per heavy atom. The standard InChI is InChI=1S/C11H14NS/c1-2-6-11(12-9-13)10-7-4-3-5-8-10/h3-5,7-8,11H,2,6H2,1H3,(H,12,13). The van der Waals surface area contributed by atoms with Gasteiger partial charge in [-0.05, 0) is 12.0 Å². The molecule has 2 heteroatoms. The molecule has 1 radical (unpaired) electrons. The molecule has 1 aromatic rings. The normalized spacial score (nSPS) is 12.1. The number of hydrogen-bond donors (Lipinski definition) is 1. The van der Waals surface area contributed by atoms with Crippen LogP contribution >= 0.6 is 12.2 Å². The van der Waals surface area contributed by atoms with Crippen molar-refractivity contribution in [3.05, 3.63) is 35.9 Å². The molecule has 1 rings (SSSR count). The van der Waals surface area contributed by atoms with Gasteiger partial charge in [-0.25, -0.2) is 0 Å². The molecule has 13 heavy (non-hydrogen) atoms. The van der Waals surface area contributed by atoms with E-state index in [0.29, 0.717) is 6.04 Å². The van der Waals surface area contributed by atoms with Crippen LogP contribution in [0, 0.1) is 0 Å². The van der Waals surface area contributed by atoms with E-state index in [4.69, 9.17) is 0 Å². The molecule has 0 amide bonds. The molecule has 69 valence electrons. The fraction of sp³-hybridized carbons (Fsp3) is 0.364. The Morgan fingerprint density at radius 1 is 1.38 bits per heavy atom. The first-order chi connectivity index (χ1) is 6.38. The van der Waals surface area contributed by atoms with Gasteiger partial charge in [0.25, 0.3) is 0 Å². The number of rotatable bonds is 5. The van der Waals surface area contributed by atoms with Crippen molar-refractivity contribution in [2.45, 2.75) is 25.8 Å². The largest absolute Gasteiger partial charge is 0.367 e. The first kappa shape index (κ1) is 10.2. The fourth-order valence-corrected chi connectivity index (χ4v) is 1.51. The molecule has 0 heterocycles.